The zero-order valence-electron chi connectivity index (χ0n) is 12.0. The average molecular weight is 259 g/mol. The number of unbranched alkanes of at least 4 members (excludes halogenated alkanes) is 3. The molecule has 0 spiro atoms. The molecular formula is C17H25NO. The Morgan fingerprint density at radius 3 is 2.47 bits per heavy atom. The van der Waals surface area contributed by atoms with E-state index >= 15 is 0 Å². The number of aliphatic imine (C=N–C) groups is 1. The second-order valence-corrected chi connectivity index (χ2v) is 5.07. The van der Waals surface area contributed by atoms with Crippen molar-refractivity contribution in [3.8, 4) is 0 Å². The van der Waals surface area contributed by atoms with Gasteiger partial charge >= 0.3 is 0 Å². The largest absolute Gasteiger partial charge is 0.234 e. The minimum absolute atomic E-state index is 0.633. The lowest BCUT2D eigenvalue weighted by molar-refractivity contribution is 0.511. The lowest BCUT2D eigenvalue weighted by atomic mass is 9.89. The maximum Gasteiger partial charge on any atom is 0.234 e. The fourth-order valence-electron chi connectivity index (χ4n) is 2.46. The molecule has 0 aliphatic carbocycles. The Morgan fingerprint density at radius 1 is 1.05 bits per heavy atom. The molecule has 0 aromatic heterocycles. The van der Waals surface area contributed by atoms with E-state index < -0.39 is 0 Å². The first-order chi connectivity index (χ1) is 9.38. The van der Waals surface area contributed by atoms with Crippen molar-refractivity contribution in [2.45, 2.75) is 57.8 Å². The highest BCUT2D eigenvalue weighted by molar-refractivity contribution is 5.32. The summed E-state index contributed by atoms with van der Waals surface area (Å²) in [5.41, 5.74) is 1.47. The van der Waals surface area contributed by atoms with Crippen LogP contribution in [-0.2, 0) is 4.79 Å². The molecule has 0 aliphatic heterocycles. The predicted molar refractivity (Wildman–Crippen MR) is 80.2 cm³/mol. The molecule has 2 nitrogen and oxygen atoms in total. The number of nitrogens with zero attached hydrogens (tertiary/aromatic N) is 1. The van der Waals surface area contributed by atoms with E-state index in [4.69, 9.17) is 0 Å². The molecule has 0 heterocycles. The first-order valence-corrected chi connectivity index (χ1v) is 7.47. The number of carbonyl (C=O) groups excluding carboxylic acids is 1. The van der Waals surface area contributed by atoms with Crippen LogP contribution in [0.5, 0.6) is 0 Å². The monoisotopic (exact) mass is 259 g/mol. The van der Waals surface area contributed by atoms with E-state index in [1.54, 1.807) is 6.08 Å². The Morgan fingerprint density at radius 2 is 1.79 bits per heavy atom. The molecule has 0 saturated carbocycles. The fourth-order valence-corrected chi connectivity index (χ4v) is 2.46. The summed E-state index contributed by atoms with van der Waals surface area (Å²) in [4.78, 5) is 13.5. The molecule has 1 unspecified atom stereocenters. The summed E-state index contributed by atoms with van der Waals surface area (Å²) in [6, 6.07) is 10.8. The van der Waals surface area contributed by atoms with Crippen molar-refractivity contribution < 1.29 is 4.79 Å². The lowest BCUT2D eigenvalue weighted by Gasteiger charge is -2.17. The number of isocyanates is 1. The van der Waals surface area contributed by atoms with Gasteiger partial charge in [-0.05, 0) is 30.7 Å². The van der Waals surface area contributed by atoms with Gasteiger partial charge in [-0.15, -0.1) is 0 Å². The second-order valence-electron chi connectivity index (χ2n) is 5.07. The Kier molecular flexibility index (Phi) is 8.67. The first kappa shape index (κ1) is 15.7. The predicted octanol–water partition coefficient (Wildman–Crippen LogP) is 4.86. The van der Waals surface area contributed by atoms with Crippen LogP contribution >= 0.6 is 0 Å². The number of hydrogen-bond acceptors (Lipinski definition) is 2. The minimum Gasteiger partial charge on any atom is -0.211 e. The van der Waals surface area contributed by atoms with Gasteiger partial charge in [0.1, 0.15) is 0 Å². The lowest BCUT2D eigenvalue weighted by Crippen LogP contribution is -1.99. The third kappa shape index (κ3) is 6.93. The maximum atomic E-state index is 9.96. The van der Waals surface area contributed by atoms with Gasteiger partial charge in [-0.2, -0.15) is 0 Å². The van der Waals surface area contributed by atoms with Crippen molar-refractivity contribution >= 4 is 6.08 Å². The van der Waals surface area contributed by atoms with Crippen LogP contribution in [0.2, 0.25) is 0 Å². The third-order valence-corrected chi connectivity index (χ3v) is 3.56. The standard InChI is InChI=1S/C17H25NO/c1-2-3-10-16(17-11-6-4-7-12-17)13-8-5-9-14-18-15-19/h4,6-7,11-12,16H,2-3,5,8-10,13-14H2,1H3. The maximum absolute atomic E-state index is 9.96. The van der Waals surface area contributed by atoms with E-state index in [2.05, 4.69) is 42.2 Å². The van der Waals surface area contributed by atoms with Crippen LogP contribution in [-0.4, -0.2) is 12.6 Å². The number of benzene rings is 1. The molecule has 2 heteroatoms. The van der Waals surface area contributed by atoms with Crippen LogP contribution in [0.4, 0.5) is 0 Å². The number of rotatable bonds is 10. The minimum atomic E-state index is 0.633. The van der Waals surface area contributed by atoms with Crippen LogP contribution < -0.4 is 0 Å². The highest BCUT2D eigenvalue weighted by Gasteiger charge is 2.10. The summed E-state index contributed by atoms with van der Waals surface area (Å²) in [5, 5.41) is 0. The van der Waals surface area contributed by atoms with Crippen LogP contribution in [0, 0.1) is 0 Å². The molecule has 1 aromatic carbocycles. The molecule has 104 valence electrons. The molecule has 19 heavy (non-hydrogen) atoms. The van der Waals surface area contributed by atoms with E-state index in [1.165, 1.54) is 37.7 Å². The molecule has 1 aromatic rings. The summed E-state index contributed by atoms with van der Waals surface area (Å²) in [5.74, 6) is 0.690. The molecule has 0 saturated heterocycles. The van der Waals surface area contributed by atoms with Crippen molar-refractivity contribution in [2.24, 2.45) is 4.99 Å². The Hall–Kier alpha value is -1.40. The molecule has 0 aliphatic rings. The summed E-state index contributed by atoms with van der Waals surface area (Å²) < 4.78 is 0. The smallest absolute Gasteiger partial charge is 0.211 e. The van der Waals surface area contributed by atoms with Crippen molar-refractivity contribution in [3.05, 3.63) is 35.9 Å². The van der Waals surface area contributed by atoms with Gasteiger partial charge < -0.3 is 0 Å². The van der Waals surface area contributed by atoms with Gasteiger partial charge in [0.15, 0.2) is 0 Å². The van der Waals surface area contributed by atoms with Gasteiger partial charge in [-0.25, -0.2) is 9.79 Å². The molecule has 0 bridgehead atoms. The highest BCUT2D eigenvalue weighted by atomic mass is 16.1. The molecule has 0 radical (unpaired) electrons. The van der Waals surface area contributed by atoms with E-state index in [1.807, 2.05) is 0 Å². The van der Waals surface area contributed by atoms with Crippen LogP contribution in [0.15, 0.2) is 35.3 Å². The summed E-state index contributed by atoms with van der Waals surface area (Å²) >= 11 is 0. The first-order valence-electron chi connectivity index (χ1n) is 7.47. The zero-order chi connectivity index (χ0) is 13.8. The summed E-state index contributed by atoms with van der Waals surface area (Å²) in [6.45, 7) is 2.88. The quantitative estimate of drug-likeness (QED) is 0.335. The van der Waals surface area contributed by atoms with Gasteiger partial charge in [0.2, 0.25) is 6.08 Å². The van der Waals surface area contributed by atoms with Gasteiger partial charge in [0, 0.05) is 0 Å². The van der Waals surface area contributed by atoms with E-state index in [-0.39, 0.29) is 0 Å². The van der Waals surface area contributed by atoms with E-state index in [9.17, 15) is 4.79 Å². The van der Waals surface area contributed by atoms with E-state index in [0.717, 1.165) is 12.8 Å². The summed E-state index contributed by atoms with van der Waals surface area (Å²) in [7, 11) is 0. The second kappa shape index (κ2) is 10.5. The Bertz CT molecular complexity index is 368. The number of hydrogen-bond donors (Lipinski definition) is 0. The third-order valence-electron chi connectivity index (χ3n) is 3.56. The van der Waals surface area contributed by atoms with Crippen LogP contribution in [0.1, 0.15) is 63.4 Å². The molecular weight excluding hydrogens is 234 g/mol. The zero-order valence-corrected chi connectivity index (χ0v) is 12.0. The molecule has 0 amide bonds. The Balaban J connectivity index is 2.35. The average Bonchev–Trinajstić information content (AvgIpc) is 2.46. The highest BCUT2D eigenvalue weighted by Crippen LogP contribution is 2.27. The van der Waals surface area contributed by atoms with Gasteiger partial charge in [-0.3, -0.25) is 0 Å². The topological polar surface area (TPSA) is 29.4 Å². The van der Waals surface area contributed by atoms with Crippen molar-refractivity contribution in [1.29, 1.82) is 0 Å². The van der Waals surface area contributed by atoms with Crippen molar-refractivity contribution in [2.75, 3.05) is 6.54 Å². The van der Waals surface area contributed by atoms with Gasteiger partial charge in [0.25, 0.3) is 0 Å². The van der Waals surface area contributed by atoms with Crippen LogP contribution in [0.25, 0.3) is 0 Å². The fraction of sp³-hybridized carbons (Fsp3) is 0.588. The van der Waals surface area contributed by atoms with Crippen molar-refractivity contribution in [3.63, 3.8) is 0 Å². The Labute approximate surface area is 117 Å². The molecule has 0 fully saturated rings. The normalized spacial score (nSPS) is 11.8. The van der Waals surface area contributed by atoms with Crippen LogP contribution in [0.3, 0.4) is 0 Å². The SMILES string of the molecule is CCCCC(CCCCCN=C=O)c1ccccc1. The molecule has 1 rings (SSSR count). The molecule has 0 N–H and O–H groups in total. The van der Waals surface area contributed by atoms with Gasteiger partial charge in [0.05, 0.1) is 6.54 Å². The summed E-state index contributed by atoms with van der Waals surface area (Å²) in [6.07, 6.45) is 10.1. The molecule has 1 atom stereocenters. The van der Waals surface area contributed by atoms with Crippen molar-refractivity contribution in [1.82, 2.24) is 0 Å². The van der Waals surface area contributed by atoms with E-state index in [0.29, 0.717) is 12.5 Å². The van der Waals surface area contributed by atoms with Gasteiger partial charge in [-0.1, -0.05) is 62.9 Å².